The van der Waals surface area contributed by atoms with Crippen molar-refractivity contribution in [2.24, 2.45) is 0 Å². The maximum atomic E-state index is 12.1. The maximum Gasteiger partial charge on any atom is 0.293 e. The fourth-order valence-corrected chi connectivity index (χ4v) is 3.04. The zero-order valence-corrected chi connectivity index (χ0v) is 13.9. The molecule has 1 fully saturated rings. The summed E-state index contributed by atoms with van der Waals surface area (Å²) in [4.78, 5) is 17.8. The Hall–Kier alpha value is -0.300. The van der Waals surface area contributed by atoms with Crippen molar-refractivity contribution in [1.29, 1.82) is 0 Å². The zero-order chi connectivity index (χ0) is 14.8. The van der Waals surface area contributed by atoms with Crippen molar-refractivity contribution in [3.8, 4) is 5.19 Å². The Balaban J connectivity index is 1.88. The Bertz CT molecular complexity index is 478. The van der Waals surface area contributed by atoms with Gasteiger partial charge in [-0.05, 0) is 26.2 Å². The molecule has 5 nitrogen and oxygen atoms in total. The third kappa shape index (κ3) is 4.10. The molecule has 2 heterocycles. The van der Waals surface area contributed by atoms with Crippen molar-refractivity contribution in [1.82, 2.24) is 14.3 Å². The number of carbonyl (C=O) groups excluding carboxylic acids is 1. The topological polar surface area (TPSA) is 55.3 Å². The van der Waals surface area contributed by atoms with Crippen molar-refractivity contribution in [3.63, 3.8) is 0 Å². The number of ether oxygens (including phenoxy) is 1. The fraction of sp³-hybridized carbons (Fsp3) is 0.727. The van der Waals surface area contributed by atoms with Gasteiger partial charge in [-0.15, -0.1) is 0 Å². The Morgan fingerprint density at radius 3 is 2.85 bits per heavy atom. The van der Waals surface area contributed by atoms with Crippen LogP contribution in [0.25, 0.3) is 0 Å². The van der Waals surface area contributed by atoms with Crippen LogP contribution in [0.2, 0.25) is 0 Å². The number of rotatable bonds is 3. The molecule has 0 radical (unpaired) electrons. The summed E-state index contributed by atoms with van der Waals surface area (Å²) in [6.45, 7) is 2.75. The molecule has 1 saturated heterocycles. The highest BCUT2D eigenvalue weighted by molar-refractivity contribution is 7.07. The van der Waals surface area contributed by atoms with Crippen LogP contribution < -0.4 is 4.74 Å². The fourth-order valence-electron chi connectivity index (χ4n) is 2.06. The molecule has 1 aliphatic rings. The van der Waals surface area contributed by atoms with E-state index in [1.807, 2.05) is 11.8 Å². The van der Waals surface area contributed by atoms with Crippen molar-refractivity contribution in [2.45, 2.75) is 36.0 Å². The average molecular weight is 359 g/mol. The van der Waals surface area contributed by atoms with E-state index in [9.17, 15) is 4.79 Å². The van der Waals surface area contributed by atoms with E-state index in [1.165, 1.54) is 0 Å². The lowest BCUT2D eigenvalue weighted by Gasteiger charge is -2.33. The predicted octanol–water partition coefficient (Wildman–Crippen LogP) is 3.14. The number of piperidine rings is 1. The summed E-state index contributed by atoms with van der Waals surface area (Å²) in [7, 11) is 0. The second kappa shape index (κ2) is 6.64. The second-order valence-corrected chi connectivity index (χ2v) is 7.60. The summed E-state index contributed by atoms with van der Waals surface area (Å²) < 4.78 is 7.52. The van der Waals surface area contributed by atoms with Crippen LogP contribution in [0, 0.1) is 0 Å². The van der Waals surface area contributed by atoms with Crippen LogP contribution in [0.4, 0.5) is 0 Å². The first-order valence-corrected chi connectivity index (χ1v) is 8.12. The summed E-state index contributed by atoms with van der Waals surface area (Å²) in [5, 5.41) is 0.226. The molecule has 1 aliphatic heterocycles. The summed E-state index contributed by atoms with van der Waals surface area (Å²) in [6.07, 6.45) is 3.23. The van der Waals surface area contributed by atoms with E-state index in [0.29, 0.717) is 0 Å². The highest BCUT2D eigenvalue weighted by Crippen LogP contribution is 2.37. The first-order valence-electron chi connectivity index (χ1n) is 6.21. The second-order valence-electron chi connectivity index (χ2n) is 4.60. The number of hydrogen-bond acceptors (Lipinski definition) is 5. The molecule has 1 atom stereocenters. The van der Waals surface area contributed by atoms with Crippen LogP contribution >= 0.6 is 46.3 Å². The molecule has 0 aliphatic carbocycles. The number of hydrogen-bond donors (Lipinski definition) is 0. The van der Waals surface area contributed by atoms with Gasteiger partial charge < -0.3 is 9.64 Å². The smallest absolute Gasteiger partial charge is 0.293 e. The number of nitrogens with zero attached hydrogens (tertiary/aromatic N) is 3. The largest absolute Gasteiger partial charge is 0.459 e. The third-order valence-electron chi connectivity index (χ3n) is 3.10. The van der Waals surface area contributed by atoms with Gasteiger partial charge in [0.1, 0.15) is 0 Å². The molecule has 0 aromatic carbocycles. The molecule has 112 valence electrons. The van der Waals surface area contributed by atoms with Crippen LogP contribution in [0.15, 0.2) is 0 Å². The van der Waals surface area contributed by atoms with Gasteiger partial charge in [0.05, 0.1) is 0 Å². The van der Waals surface area contributed by atoms with Crippen LogP contribution in [-0.4, -0.2) is 39.4 Å². The quantitative estimate of drug-likeness (QED) is 0.779. The van der Waals surface area contributed by atoms with Gasteiger partial charge in [-0.2, -0.15) is 9.36 Å². The van der Waals surface area contributed by atoms with Gasteiger partial charge in [0.15, 0.2) is 12.4 Å². The van der Waals surface area contributed by atoms with E-state index in [2.05, 4.69) is 9.36 Å². The minimum Gasteiger partial charge on any atom is -0.459 e. The van der Waals surface area contributed by atoms with Crippen molar-refractivity contribution in [3.05, 3.63) is 5.82 Å². The van der Waals surface area contributed by atoms with Gasteiger partial charge in [0.25, 0.3) is 14.9 Å². The molecule has 1 aromatic heterocycles. The van der Waals surface area contributed by atoms with E-state index < -0.39 is 3.79 Å². The average Bonchev–Trinajstić information content (AvgIpc) is 2.85. The maximum absolute atomic E-state index is 12.1. The molecule has 1 unspecified atom stereocenters. The Kier molecular flexibility index (Phi) is 5.34. The number of amides is 1. The number of carbonyl (C=O) groups is 1. The number of likely N-dealkylation sites (tertiary alicyclic amines) is 1. The first-order chi connectivity index (χ1) is 9.38. The third-order valence-corrected chi connectivity index (χ3v) is 4.24. The SMILES string of the molecule is CC1CCCCN1C(=O)COc1nc(C(Cl)(Cl)Cl)ns1. The molecule has 20 heavy (non-hydrogen) atoms. The van der Waals surface area contributed by atoms with Crippen molar-refractivity contribution in [2.75, 3.05) is 13.2 Å². The highest BCUT2D eigenvalue weighted by atomic mass is 35.6. The summed E-state index contributed by atoms with van der Waals surface area (Å²) in [5.74, 6) is 0.00382. The minimum atomic E-state index is -1.68. The van der Waals surface area contributed by atoms with Crippen LogP contribution in [0.5, 0.6) is 5.19 Å². The molecule has 0 bridgehead atoms. The lowest BCUT2D eigenvalue weighted by molar-refractivity contribution is -0.136. The minimum absolute atomic E-state index is 0.0529. The van der Waals surface area contributed by atoms with Crippen molar-refractivity contribution < 1.29 is 9.53 Å². The van der Waals surface area contributed by atoms with E-state index in [1.54, 1.807) is 0 Å². The summed E-state index contributed by atoms with van der Waals surface area (Å²) >= 11 is 17.9. The van der Waals surface area contributed by atoms with E-state index in [0.717, 1.165) is 37.3 Å². The molecular formula is C11H14Cl3N3O2S. The van der Waals surface area contributed by atoms with Crippen LogP contribution in [0.3, 0.4) is 0 Å². The van der Waals surface area contributed by atoms with Crippen LogP contribution in [-0.2, 0) is 8.59 Å². The van der Waals surface area contributed by atoms with E-state index >= 15 is 0 Å². The summed E-state index contributed by atoms with van der Waals surface area (Å²) in [6, 6.07) is 0.256. The molecule has 2 rings (SSSR count). The van der Waals surface area contributed by atoms with Gasteiger partial charge >= 0.3 is 0 Å². The standard InChI is InChI=1S/C11H14Cl3N3O2S/c1-7-4-2-3-5-17(7)8(18)6-19-10-15-9(16-20-10)11(12,13)14/h7H,2-6H2,1H3. The molecule has 9 heteroatoms. The zero-order valence-electron chi connectivity index (χ0n) is 10.8. The Labute approximate surface area is 136 Å². The van der Waals surface area contributed by atoms with E-state index in [4.69, 9.17) is 39.5 Å². The summed E-state index contributed by atoms with van der Waals surface area (Å²) in [5.41, 5.74) is 0. The van der Waals surface area contributed by atoms with Gasteiger partial charge in [-0.3, -0.25) is 4.79 Å². The lowest BCUT2D eigenvalue weighted by atomic mass is 10.0. The molecule has 1 amide bonds. The van der Waals surface area contributed by atoms with Crippen LogP contribution in [0.1, 0.15) is 32.0 Å². The monoisotopic (exact) mass is 357 g/mol. The normalized spacial score (nSPS) is 20.0. The molecule has 0 saturated carbocycles. The van der Waals surface area contributed by atoms with Gasteiger partial charge in [0, 0.05) is 24.1 Å². The highest BCUT2D eigenvalue weighted by Gasteiger charge is 2.29. The molecule has 0 N–H and O–H groups in total. The van der Waals surface area contributed by atoms with Gasteiger partial charge in [-0.1, -0.05) is 34.8 Å². The van der Waals surface area contributed by atoms with Gasteiger partial charge in [0.2, 0.25) is 0 Å². The number of halogens is 3. The van der Waals surface area contributed by atoms with Gasteiger partial charge in [-0.25, -0.2) is 0 Å². The molecule has 0 spiro atoms. The lowest BCUT2D eigenvalue weighted by Crippen LogP contribution is -2.44. The molecule has 1 aromatic rings. The van der Waals surface area contributed by atoms with E-state index in [-0.39, 0.29) is 29.6 Å². The Morgan fingerprint density at radius 1 is 1.50 bits per heavy atom. The van der Waals surface area contributed by atoms with Crippen molar-refractivity contribution >= 4 is 52.2 Å². The predicted molar refractivity (Wildman–Crippen MR) is 79.7 cm³/mol. The number of alkyl halides is 3. The molecular weight excluding hydrogens is 345 g/mol. The first kappa shape index (κ1) is 16.1. The number of aromatic nitrogens is 2. The Morgan fingerprint density at radius 2 is 2.25 bits per heavy atom.